The fraction of sp³-hybridized carbons (Fsp3) is 0.0909. The summed E-state index contributed by atoms with van der Waals surface area (Å²) in [6.07, 6.45) is -2.14. The van der Waals surface area contributed by atoms with E-state index in [1.165, 1.54) is 32.2 Å². The Morgan fingerprint density at radius 2 is 1.38 bits per heavy atom. The minimum atomic E-state index is -4.30. The predicted molar refractivity (Wildman–Crippen MR) is 101 cm³/mol. The molecule has 3 aromatic carbocycles. The Kier molecular flexibility index (Phi) is 4.47. The van der Waals surface area contributed by atoms with E-state index >= 15 is 0 Å². The van der Waals surface area contributed by atoms with Crippen molar-refractivity contribution in [2.24, 2.45) is 0 Å². The first-order valence-corrected chi connectivity index (χ1v) is 11.2. The van der Waals surface area contributed by atoms with Crippen LogP contribution in [0.3, 0.4) is 0 Å². The number of hydrogen-bond acceptors (Lipinski definition) is 0. The first-order valence-electron chi connectivity index (χ1n) is 8.25. The van der Waals surface area contributed by atoms with Gasteiger partial charge in [0.15, 0.2) is 0 Å². The molecule has 0 saturated heterocycles. The number of hydrogen-bond donors (Lipinski definition) is 0. The van der Waals surface area contributed by atoms with Gasteiger partial charge in [0.2, 0.25) is 0 Å². The standard InChI is InChI=1S/C22H16F3Se/c23-22(24,25)19-12-10-16(11-13-19)21-14-17-6-4-5-7-18(17)15-26(21)20-8-2-1-3-9-20/h1-14H,15H2/q+1. The minimum absolute atomic E-state index is 0.602. The van der Waals surface area contributed by atoms with Gasteiger partial charge in [-0.05, 0) is 0 Å². The van der Waals surface area contributed by atoms with Gasteiger partial charge >= 0.3 is 155 Å². The quantitative estimate of drug-likeness (QED) is 0.499. The molecule has 1 heterocycles. The molecule has 0 spiro atoms. The Bertz CT molecular complexity index is 941. The Morgan fingerprint density at radius 1 is 0.731 bits per heavy atom. The van der Waals surface area contributed by atoms with Crippen molar-refractivity contribution < 1.29 is 13.2 Å². The van der Waals surface area contributed by atoms with Crippen LogP contribution >= 0.6 is 0 Å². The first kappa shape index (κ1) is 17.1. The zero-order valence-electron chi connectivity index (χ0n) is 13.8. The van der Waals surface area contributed by atoms with Crippen LogP contribution in [0.2, 0.25) is 0 Å². The van der Waals surface area contributed by atoms with E-state index in [9.17, 15) is 13.2 Å². The van der Waals surface area contributed by atoms with E-state index in [0.717, 1.165) is 10.9 Å². The van der Waals surface area contributed by atoms with Crippen LogP contribution in [0.4, 0.5) is 13.2 Å². The molecule has 0 N–H and O–H groups in total. The van der Waals surface area contributed by atoms with E-state index in [4.69, 9.17) is 0 Å². The summed E-state index contributed by atoms with van der Waals surface area (Å²) >= 11 is -1.37. The van der Waals surface area contributed by atoms with Gasteiger partial charge in [0.05, 0.1) is 0 Å². The summed E-state index contributed by atoms with van der Waals surface area (Å²) in [5.74, 6) is 0. The summed E-state index contributed by atoms with van der Waals surface area (Å²) in [6, 6.07) is 24.2. The number of fused-ring (bicyclic) bond motifs is 1. The average molecular weight is 416 g/mol. The number of benzene rings is 3. The van der Waals surface area contributed by atoms with Gasteiger partial charge in [-0.1, -0.05) is 0 Å². The van der Waals surface area contributed by atoms with Crippen LogP contribution < -0.4 is 4.46 Å². The Balaban J connectivity index is 1.81. The van der Waals surface area contributed by atoms with Gasteiger partial charge in [0.1, 0.15) is 0 Å². The second-order valence-electron chi connectivity index (χ2n) is 6.13. The average Bonchev–Trinajstić information content (AvgIpc) is 2.67. The van der Waals surface area contributed by atoms with Crippen LogP contribution in [0.1, 0.15) is 22.3 Å². The first-order chi connectivity index (χ1) is 12.5. The van der Waals surface area contributed by atoms with E-state index < -0.39 is 25.6 Å². The molecule has 26 heavy (non-hydrogen) atoms. The fourth-order valence-corrected chi connectivity index (χ4v) is 7.98. The number of alkyl halides is 3. The zero-order valence-corrected chi connectivity index (χ0v) is 15.5. The van der Waals surface area contributed by atoms with Crippen molar-refractivity contribution in [2.45, 2.75) is 11.5 Å². The SMILES string of the molecule is FC(F)(F)c1ccc(C2=Cc3ccccc3C[Se+]2c2ccccc2)cc1. The van der Waals surface area contributed by atoms with Gasteiger partial charge in [-0.25, -0.2) is 0 Å². The Labute approximate surface area is 154 Å². The summed E-state index contributed by atoms with van der Waals surface area (Å²) in [7, 11) is 0. The van der Waals surface area contributed by atoms with Gasteiger partial charge in [-0.15, -0.1) is 0 Å². The summed E-state index contributed by atoms with van der Waals surface area (Å²) in [4.78, 5) is 0. The van der Waals surface area contributed by atoms with Crippen molar-refractivity contribution in [3.8, 4) is 0 Å². The summed E-state index contributed by atoms with van der Waals surface area (Å²) < 4.78 is 41.2. The van der Waals surface area contributed by atoms with Crippen molar-refractivity contribution in [1.29, 1.82) is 0 Å². The molecule has 4 heteroatoms. The second kappa shape index (κ2) is 6.79. The van der Waals surface area contributed by atoms with E-state index in [2.05, 4.69) is 30.3 Å². The second-order valence-corrected chi connectivity index (χ2v) is 10.3. The van der Waals surface area contributed by atoms with Crippen LogP contribution in [0.5, 0.6) is 0 Å². The van der Waals surface area contributed by atoms with E-state index in [1.54, 1.807) is 12.1 Å². The van der Waals surface area contributed by atoms with Crippen molar-refractivity contribution in [1.82, 2.24) is 0 Å². The summed E-state index contributed by atoms with van der Waals surface area (Å²) in [5, 5.41) is 0.965. The normalized spacial score (nSPS) is 16.7. The van der Waals surface area contributed by atoms with Crippen LogP contribution in [0.25, 0.3) is 10.5 Å². The molecule has 4 rings (SSSR count). The molecular formula is C22H16F3Se+. The predicted octanol–water partition coefficient (Wildman–Crippen LogP) is 5.28. The molecule has 1 aliphatic rings. The molecular weight excluding hydrogens is 400 g/mol. The van der Waals surface area contributed by atoms with Crippen LogP contribution in [0, 0.1) is 0 Å². The molecule has 0 fully saturated rings. The zero-order chi connectivity index (χ0) is 18.1. The summed E-state index contributed by atoms with van der Waals surface area (Å²) in [5.41, 5.74) is 2.77. The maximum atomic E-state index is 12.9. The van der Waals surface area contributed by atoms with Crippen LogP contribution in [-0.4, -0.2) is 13.9 Å². The number of halogens is 3. The molecule has 0 nitrogen and oxygen atoms in total. The van der Waals surface area contributed by atoms with Crippen molar-refractivity contribution in [2.75, 3.05) is 0 Å². The number of rotatable bonds is 2. The molecule has 3 aromatic rings. The van der Waals surface area contributed by atoms with Crippen LogP contribution in [0.15, 0.2) is 78.9 Å². The van der Waals surface area contributed by atoms with Crippen LogP contribution in [-0.2, 0) is 11.5 Å². The van der Waals surface area contributed by atoms with Crippen molar-refractivity contribution in [3.05, 3.63) is 101 Å². The van der Waals surface area contributed by atoms with Crippen molar-refractivity contribution >= 4 is 28.9 Å². The van der Waals surface area contributed by atoms with Gasteiger partial charge in [-0.3, -0.25) is 0 Å². The monoisotopic (exact) mass is 417 g/mol. The van der Waals surface area contributed by atoms with Gasteiger partial charge in [0, 0.05) is 0 Å². The molecule has 0 radical (unpaired) electrons. The molecule has 1 unspecified atom stereocenters. The molecule has 1 atom stereocenters. The fourth-order valence-electron chi connectivity index (χ4n) is 3.10. The third-order valence-corrected chi connectivity index (χ3v) is 9.31. The summed E-state index contributed by atoms with van der Waals surface area (Å²) in [6.45, 7) is 0. The Hall–Kier alpha value is -2.29. The van der Waals surface area contributed by atoms with Crippen molar-refractivity contribution in [3.63, 3.8) is 0 Å². The van der Waals surface area contributed by atoms with E-state index in [0.29, 0.717) is 0 Å². The maximum absolute atomic E-state index is 12.9. The van der Waals surface area contributed by atoms with E-state index in [-0.39, 0.29) is 0 Å². The molecule has 0 aromatic heterocycles. The molecule has 0 amide bonds. The Morgan fingerprint density at radius 3 is 2.08 bits per heavy atom. The van der Waals surface area contributed by atoms with Gasteiger partial charge < -0.3 is 0 Å². The van der Waals surface area contributed by atoms with Gasteiger partial charge in [-0.2, -0.15) is 0 Å². The molecule has 0 bridgehead atoms. The van der Waals surface area contributed by atoms with Gasteiger partial charge in [0.25, 0.3) is 0 Å². The molecule has 0 saturated carbocycles. The topological polar surface area (TPSA) is 0 Å². The molecule has 130 valence electrons. The third-order valence-electron chi connectivity index (χ3n) is 4.43. The molecule has 0 aliphatic carbocycles. The molecule has 1 aliphatic heterocycles. The van der Waals surface area contributed by atoms with E-state index in [1.807, 2.05) is 30.3 Å². The third kappa shape index (κ3) is 3.35.